The maximum Gasteiger partial charge on any atom is 0.416 e. The highest BCUT2D eigenvalue weighted by Gasteiger charge is 2.30. The molecule has 0 atom stereocenters. The summed E-state index contributed by atoms with van der Waals surface area (Å²) in [7, 11) is 0. The molecule has 0 unspecified atom stereocenters. The minimum Gasteiger partial charge on any atom is -0.480 e. The van der Waals surface area contributed by atoms with Crippen molar-refractivity contribution in [2.75, 3.05) is 11.9 Å². The van der Waals surface area contributed by atoms with Crippen LogP contribution in [0.1, 0.15) is 31.2 Å². The summed E-state index contributed by atoms with van der Waals surface area (Å²) in [6.07, 6.45) is -4.47. The molecule has 0 spiro atoms. The molecule has 33 heavy (non-hydrogen) atoms. The van der Waals surface area contributed by atoms with Gasteiger partial charge in [0.15, 0.2) is 11.5 Å². The highest BCUT2D eigenvalue weighted by molar-refractivity contribution is 7.18. The number of alkyl halides is 3. The third kappa shape index (κ3) is 5.50. The summed E-state index contributed by atoms with van der Waals surface area (Å²) in [5.41, 5.74) is 0.617. The van der Waals surface area contributed by atoms with Crippen LogP contribution in [-0.2, 0) is 11.0 Å². The number of amides is 1. The van der Waals surface area contributed by atoms with Crippen molar-refractivity contribution in [3.63, 3.8) is 0 Å². The predicted molar refractivity (Wildman–Crippen MR) is 114 cm³/mol. The first-order valence-corrected chi connectivity index (χ1v) is 10.1. The number of thiophene rings is 1. The molecule has 3 rings (SSSR count). The van der Waals surface area contributed by atoms with Crippen molar-refractivity contribution in [1.82, 2.24) is 0 Å². The number of ether oxygens (including phenoxy) is 1. The summed E-state index contributed by atoms with van der Waals surface area (Å²) in [5, 5.41) is 20.7. The summed E-state index contributed by atoms with van der Waals surface area (Å²) in [6.45, 7) is 0.904. The first-order valence-electron chi connectivity index (χ1n) is 9.27. The van der Waals surface area contributed by atoms with E-state index >= 15 is 0 Å². The van der Waals surface area contributed by atoms with Crippen molar-refractivity contribution < 1.29 is 42.5 Å². The van der Waals surface area contributed by atoms with E-state index < -0.39 is 36.2 Å². The molecule has 2 aromatic carbocycles. The smallest absolute Gasteiger partial charge is 0.416 e. The Labute approximate surface area is 189 Å². The third-order valence-electron chi connectivity index (χ3n) is 4.51. The maximum absolute atomic E-state index is 12.6. The molecule has 11 heteroatoms. The molecule has 7 nitrogen and oxygen atoms in total. The Morgan fingerprint density at radius 1 is 1.00 bits per heavy atom. The summed E-state index contributed by atoms with van der Waals surface area (Å²) in [6, 6.07) is 10.1. The van der Waals surface area contributed by atoms with E-state index in [9.17, 15) is 32.7 Å². The number of carboxylic acid groups (broad SMARTS) is 2. The van der Waals surface area contributed by atoms with Gasteiger partial charge in [-0.15, -0.1) is 11.3 Å². The fourth-order valence-corrected chi connectivity index (χ4v) is 4.04. The summed E-state index contributed by atoms with van der Waals surface area (Å²) in [4.78, 5) is 35.1. The number of carbonyl (C=O) groups is 3. The minimum absolute atomic E-state index is 0.0333. The fraction of sp³-hybridized carbons (Fsp3) is 0.136. The van der Waals surface area contributed by atoms with Gasteiger partial charge in [0.05, 0.1) is 5.56 Å². The number of nitrogens with one attached hydrogen (secondary N) is 1. The largest absolute Gasteiger partial charge is 0.480 e. The minimum atomic E-state index is -4.47. The third-order valence-corrected chi connectivity index (χ3v) is 5.82. The molecular weight excluding hydrogens is 463 g/mol. The van der Waals surface area contributed by atoms with Gasteiger partial charge in [-0.3, -0.25) is 4.79 Å². The van der Waals surface area contributed by atoms with Gasteiger partial charge in [-0.2, -0.15) is 13.2 Å². The molecule has 172 valence electrons. The molecule has 0 aliphatic rings. The van der Waals surface area contributed by atoms with Crippen LogP contribution in [0.3, 0.4) is 0 Å². The first kappa shape index (κ1) is 23.8. The van der Waals surface area contributed by atoms with E-state index in [0.717, 1.165) is 35.6 Å². The molecule has 0 bridgehead atoms. The molecular formula is C22H16F3NO6S. The SMILES string of the molecule is Cc1c(-c2ccc(C(=O)Nc3ccc(C(F)(F)F)cc3)cc2)sc(C(=O)O)c1OCC(=O)O. The Kier molecular flexibility index (Phi) is 6.73. The topological polar surface area (TPSA) is 113 Å². The zero-order valence-corrected chi connectivity index (χ0v) is 17.7. The number of carbonyl (C=O) groups excluding carboxylic acids is 1. The summed E-state index contributed by atoms with van der Waals surface area (Å²) in [5.74, 6) is -3.08. The quantitative estimate of drug-likeness (QED) is 0.432. The number of rotatable bonds is 7. The van der Waals surface area contributed by atoms with Gasteiger partial charge in [-0.1, -0.05) is 12.1 Å². The van der Waals surface area contributed by atoms with Crippen LogP contribution in [0.5, 0.6) is 5.75 Å². The normalized spacial score (nSPS) is 11.2. The Hall–Kier alpha value is -3.86. The lowest BCUT2D eigenvalue weighted by atomic mass is 10.1. The zero-order valence-electron chi connectivity index (χ0n) is 16.9. The molecule has 0 aliphatic carbocycles. The molecule has 1 heterocycles. The number of carboxylic acids is 2. The zero-order chi connectivity index (χ0) is 24.3. The second-order valence-electron chi connectivity index (χ2n) is 6.81. The van der Waals surface area contributed by atoms with Gasteiger partial charge in [-0.05, 0) is 48.9 Å². The van der Waals surface area contributed by atoms with Crippen molar-refractivity contribution in [3.8, 4) is 16.2 Å². The van der Waals surface area contributed by atoms with Crippen molar-refractivity contribution in [1.29, 1.82) is 0 Å². The average molecular weight is 479 g/mol. The van der Waals surface area contributed by atoms with Gasteiger partial charge in [0.25, 0.3) is 5.91 Å². The standard InChI is InChI=1S/C22H16F3NO6S/c1-11-17(32-10-16(27)28)19(21(30)31)33-18(11)12-2-4-13(5-3-12)20(29)26-15-8-6-14(7-9-15)22(23,24)25/h2-9H,10H2,1H3,(H,26,29)(H,27,28)(H,30,31). The molecule has 3 N–H and O–H groups in total. The lowest BCUT2D eigenvalue weighted by Crippen LogP contribution is -2.12. The van der Waals surface area contributed by atoms with Gasteiger partial charge >= 0.3 is 18.1 Å². The van der Waals surface area contributed by atoms with Crippen LogP contribution in [-0.4, -0.2) is 34.7 Å². The Morgan fingerprint density at radius 3 is 2.12 bits per heavy atom. The van der Waals surface area contributed by atoms with Crippen molar-refractivity contribution >= 4 is 34.9 Å². The maximum atomic E-state index is 12.6. The fourth-order valence-electron chi connectivity index (χ4n) is 2.94. The second-order valence-corrected chi connectivity index (χ2v) is 7.83. The van der Waals surface area contributed by atoms with Crippen LogP contribution >= 0.6 is 11.3 Å². The first-order chi connectivity index (χ1) is 15.5. The van der Waals surface area contributed by atoms with Crippen LogP contribution in [0.15, 0.2) is 48.5 Å². The lowest BCUT2D eigenvalue weighted by Gasteiger charge is -2.09. The van der Waals surface area contributed by atoms with E-state index in [4.69, 9.17) is 9.84 Å². The van der Waals surface area contributed by atoms with E-state index in [-0.39, 0.29) is 21.9 Å². The van der Waals surface area contributed by atoms with Crippen LogP contribution in [0, 0.1) is 6.92 Å². The Bertz CT molecular complexity index is 1200. The number of anilines is 1. The van der Waals surface area contributed by atoms with Crippen molar-refractivity contribution in [2.45, 2.75) is 13.1 Å². The van der Waals surface area contributed by atoms with Crippen LogP contribution < -0.4 is 10.1 Å². The van der Waals surface area contributed by atoms with E-state index in [2.05, 4.69) is 5.32 Å². The molecule has 0 saturated carbocycles. The average Bonchev–Trinajstić information content (AvgIpc) is 3.08. The molecule has 3 aromatic rings. The summed E-state index contributed by atoms with van der Waals surface area (Å²) < 4.78 is 43.1. The van der Waals surface area contributed by atoms with Gasteiger partial charge in [0.1, 0.15) is 5.75 Å². The molecule has 0 aliphatic heterocycles. The van der Waals surface area contributed by atoms with E-state index in [0.29, 0.717) is 16.0 Å². The van der Waals surface area contributed by atoms with Gasteiger partial charge in [0.2, 0.25) is 0 Å². The van der Waals surface area contributed by atoms with Gasteiger partial charge in [-0.25, -0.2) is 9.59 Å². The molecule has 0 fully saturated rings. The van der Waals surface area contributed by atoms with E-state index in [1.165, 1.54) is 12.1 Å². The highest BCUT2D eigenvalue weighted by atomic mass is 32.1. The molecule has 0 radical (unpaired) electrons. The van der Waals surface area contributed by atoms with Gasteiger partial charge in [0, 0.05) is 21.7 Å². The van der Waals surface area contributed by atoms with E-state index in [1.54, 1.807) is 19.1 Å². The van der Waals surface area contributed by atoms with Crippen LogP contribution in [0.25, 0.3) is 10.4 Å². The number of benzene rings is 2. The monoisotopic (exact) mass is 479 g/mol. The Balaban J connectivity index is 1.80. The van der Waals surface area contributed by atoms with Crippen molar-refractivity contribution in [2.24, 2.45) is 0 Å². The predicted octanol–water partition coefficient (Wildman–Crippen LogP) is 5.16. The number of hydrogen-bond acceptors (Lipinski definition) is 5. The van der Waals surface area contributed by atoms with E-state index in [1.807, 2.05) is 0 Å². The molecule has 0 saturated heterocycles. The van der Waals surface area contributed by atoms with Gasteiger partial charge < -0.3 is 20.3 Å². The van der Waals surface area contributed by atoms with Crippen molar-refractivity contribution in [3.05, 3.63) is 70.1 Å². The molecule has 1 amide bonds. The summed E-state index contributed by atoms with van der Waals surface area (Å²) >= 11 is 0.909. The second kappa shape index (κ2) is 9.33. The lowest BCUT2D eigenvalue weighted by molar-refractivity contribution is -0.139. The number of aliphatic carboxylic acids is 1. The Morgan fingerprint density at radius 2 is 1.61 bits per heavy atom. The number of hydrogen-bond donors (Lipinski definition) is 3. The van der Waals surface area contributed by atoms with Crippen LogP contribution in [0.4, 0.5) is 18.9 Å². The molecule has 1 aromatic heterocycles. The van der Waals surface area contributed by atoms with Crippen LogP contribution in [0.2, 0.25) is 0 Å². The number of aromatic carboxylic acids is 1. The highest BCUT2D eigenvalue weighted by Crippen LogP contribution is 2.41. The number of halogens is 3.